The summed E-state index contributed by atoms with van der Waals surface area (Å²) in [7, 11) is 0. The number of hydrogen-bond donors (Lipinski definition) is 0. The molecule has 332 valence electrons. The summed E-state index contributed by atoms with van der Waals surface area (Å²) in [4.78, 5) is 0. The summed E-state index contributed by atoms with van der Waals surface area (Å²) in [5.74, 6) is 0.706. The Morgan fingerprint density at radius 1 is 0.388 bits per heavy atom. The minimum Gasteiger partial charge on any atom is -0.0651 e. The molecular weight excluding hydrogens is 805 g/mol. The van der Waals surface area contributed by atoms with Crippen LogP contribution in [0.4, 0.5) is 0 Å². The van der Waals surface area contributed by atoms with Gasteiger partial charge in [-0.3, -0.25) is 0 Å². The van der Waals surface area contributed by atoms with Crippen molar-refractivity contribution in [2.24, 2.45) is 0 Å². The van der Waals surface area contributed by atoms with Gasteiger partial charge in [0.1, 0.15) is 0 Å². The van der Waals surface area contributed by atoms with Gasteiger partial charge in [-0.1, -0.05) is 251 Å². The molecule has 1 fully saturated rings. The highest BCUT2D eigenvalue weighted by molar-refractivity contribution is 5.85. The number of hydrogen-bond acceptors (Lipinski definition) is 0. The maximum Gasteiger partial charge on any atom is 0.0159 e. The summed E-state index contributed by atoms with van der Waals surface area (Å²) in [5.41, 5.74) is 26.0. The highest BCUT2D eigenvalue weighted by Gasteiger charge is 2.35. The lowest BCUT2D eigenvalue weighted by Crippen LogP contribution is -2.15. The smallest absolute Gasteiger partial charge is 0.0159 e. The third-order valence-corrected chi connectivity index (χ3v) is 14.2. The van der Waals surface area contributed by atoms with Gasteiger partial charge in [-0.25, -0.2) is 0 Å². The molecule has 0 nitrogen and oxygen atoms in total. The number of benzene rings is 9. The maximum atomic E-state index is 2.38. The summed E-state index contributed by atoms with van der Waals surface area (Å²) < 4.78 is 0. The molecule has 0 aromatic heterocycles. The Hall–Kier alpha value is -7.02. The molecule has 0 unspecified atom stereocenters. The van der Waals surface area contributed by atoms with Crippen LogP contribution in [0.5, 0.6) is 0 Å². The average molecular weight is 869 g/mol. The van der Waals surface area contributed by atoms with Crippen molar-refractivity contribution in [3.8, 4) is 66.8 Å². The van der Waals surface area contributed by atoms with Crippen LogP contribution in [0.3, 0.4) is 0 Å². The van der Waals surface area contributed by atoms with Crippen LogP contribution < -0.4 is 0 Å². The summed E-state index contributed by atoms with van der Waals surface area (Å²) in [6.07, 6.45) is 6.35. The van der Waals surface area contributed by atoms with Crippen molar-refractivity contribution in [1.29, 1.82) is 0 Å². The minimum absolute atomic E-state index is 0.0709. The summed E-state index contributed by atoms with van der Waals surface area (Å²) in [5, 5.41) is 0. The van der Waals surface area contributed by atoms with E-state index in [2.05, 4.69) is 254 Å². The van der Waals surface area contributed by atoms with Gasteiger partial charge in [0.15, 0.2) is 0 Å². The fourth-order valence-electron chi connectivity index (χ4n) is 10.2. The van der Waals surface area contributed by atoms with E-state index in [4.69, 9.17) is 0 Å². The number of fused-ring (bicyclic) bond motifs is 3. The molecule has 0 bridgehead atoms. The molecule has 0 heterocycles. The molecule has 0 atom stereocenters. The van der Waals surface area contributed by atoms with E-state index in [0.717, 1.165) is 6.42 Å². The van der Waals surface area contributed by atoms with Gasteiger partial charge in [0, 0.05) is 5.41 Å². The first kappa shape index (κ1) is 45.1. The van der Waals surface area contributed by atoms with Crippen LogP contribution in [0.15, 0.2) is 212 Å². The predicted molar refractivity (Wildman–Crippen MR) is 289 cm³/mol. The lowest BCUT2D eigenvalue weighted by atomic mass is 9.74. The van der Waals surface area contributed by atoms with E-state index in [9.17, 15) is 0 Å². The van der Waals surface area contributed by atoms with Crippen LogP contribution in [0.2, 0.25) is 0 Å². The van der Waals surface area contributed by atoms with Gasteiger partial charge in [-0.05, 0) is 147 Å². The van der Waals surface area contributed by atoms with E-state index in [0.29, 0.717) is 5.92 Å². The first-order chi connectivity index (χ1) is 32.7. The Morgan fingerprint density at radius 3 is 1.48 bits per heavy atom. The average Bonchev–Trinajstić information content (AvgIpc) is 3.57. The number of aryl methyl sites for hydroxylation is 4. The molecule has 2 aliphatic rings. The second-order valence-electron chi connectivity index (χ2n) is 19.2. The Morgan fingerprint density at radius 2 is 0.866 bits per heavy atom. The van der Waals surface area contributed by atoms with Gasteiger partial charge in [0.25, 0.3) is 0 Å². The molecule has 0 spiro atoms. The van der Waals surface area contributed by atoms with Crippen LogP contribution in [-0.2, 0) is 11.8 Å². The minimum atomic E-state index is 0.0709. The highest BCUT2D eigenvalue weighted by Crippen LogP contribution is 2.50. The molecule has 0 heteroatoms. The van der Waals surface area contributed by atoms with Gasteiger partial charge in [0.2, 0.25) is 0 Å². The SMILES string of the molecule is CCCc1ccc(-c2ccccc2-c2ccccc2)cc1.Cc1ccc(-c2cccc(-c3ccccc3C)c2C2CCC2)cc1.Cc1ccc2c(c1)C(C)(C)c1cc(-c3ccccc3)ccc1-2. The third-order valence-electron chi connectivity index (χ3n) is 14.2. The van der Waals surface area contributed by atoms with Gasteiger partial charge >= 0.3 is 0 Å². The largest absolute Gasteiger partial charge is 0.0651 e. The summed E-state index contributed by atoms with van der Waals surface area (Å²) in [6, 6.07) is 77.2. The van der Waals surface area contributed by atoms with Crippen molar-refractivity contribution in [3.05, 3.63) is 251 Å². The van der Waals surface area contributed by atoms with Gasteiger partial charge in [-0.15, -0.1) is 0 Å². The summed E-state index contributed by atoms with van der Waals surface area (Å²) >= 11 is 0. The second kappa shape index (κ2) is 20.2. The molecular formula is C67H64. The van der Waals surface area contributed by atoms with E-state index < -0.39 is 0 Å². The topological polar surface area (TPSA) is 0 Å². The normalized spacial score (nSPS) is 13.2. The van der Waals surface area contributed by atoms with Crippen molar-refractivity contribution in [1.82, 2.24) is 0 Å². The monoisotopic (exact) mass is 869 g/mol. The lowest BCUT2D eigenvalue weighted by molar-refractivity contribution is 0.421. The molecule has 0 saturated heterocycles. The molecule has 11 rings (SSSR count). The van der Waals surface area contributed by atoms with Crippen LogP contribution in [0, 0.1) is 20.8 Å². The third kappa shape index (κ3) is 9.77. The van der Waals surface area contributed by atoms with Crippen LogP contribution in [0.1, 0.15) is 91.3 Å². The fourth-order valence-corrected chi connectivity index (χ4v) is 10.2. The Kier molecular flexibility index (Phi) is 13.6. The van der Waals surface area contributed by atoms with Crippen LogP contribution >= 0.6 is 0 Å². The molecule has 0 N–H and O–H groups in total. The maximum absolute atomic E-state index is 2.38. The van der Waals surface area contributed by atoms with Crippen molar-refractivity contribution >= 4 is 0 Å². The van der Waals surface area contributed by atoms with Crippen LogP contribution in [-0.4, -0.2) is 0 Å². The molecule has 1 saturated carbocycles. The predicted octanol–water partition coefficient (Wildman–Crippen LogP) is 18.8. The number of rotatable bonds is 8. The zero-order valence-corrected chi connectivity index (χ0v) is 40.3. The standard InChI is InChI=1S/C24H24.C22H20.C21H20/c1-17-13-15-19(16-14-17)22-11-6-12-23(24(22)20-8-5-9-20)21-10-4-3-7-18(21)2;1-15-9-11-18-19-12-10-17(16-7-5-4-6-8-16)14-21(19)22(2,3)20(18)13-15;1-2-8-17-13-15-19(16-14-17)21-12-7-6-11-20(21)18-9-4-3-5-10-18/h3-4,6-7,10-16,20H,5,8-9H2,1-2H3;4-14H,1-3H3;3-7,9-16H,2,8H2,1H3. The Labute approximate surface area is 401 Å². The Balaban J connectivity index is 0.000000126. The molecule has 2 aliphatic carbocycles. The van der Waals surface area contributed by atoms with Crippen LogP contribution in [0.25, 0.3) is 66.8 Å². The molecule has 9 aromatic rings. The zero-order valence-electron chi connectivity index (χ0n) is 40.3. The van der Waals surface area contributed by atoms with Crippen molar-refractivity contribution in [2.45, 2.75) is 85.0 Å². The molecule has 0 radical (unpaired) electrons. The van der Waals surface area contributed by atoms with E-state index >= 15 is 0 Å². The molecule has 9 aromatic carbocycles. The first-order valence-corrected chi connectivity index (χ1v) is 24.5. The van der Waals surface area contributed by atoms with Gasteiger partial charge in [0.05, 0.1) is 0 Å². The quantitative estimate of drug-likeness (QED) is 0.143. The van der Waals surface area contributed by atoms with Crippen molar-refractivity contribution in [2.75, 3.05) is 0 Å². The van der Waals surface area contributed by atoms with Gasteiger partial charge in [-0.2, -0.15) is 0 Å². The zero-order chi connectivity index (χ0) is 46.3. The van der Waals surface area contributed by atoms with E-state index in [1.165, 1.54) is 126 Å². The van der Waals surface area contributed by atoms with E-state index in [-0.39, 0.29) is 5.41 Å². The Bertz CT molecular complexity index is 3070. The van der Waals surface area contributed by atoms with Crippen molar-refractivity contribution in [3.63, 3.8) is 0 Å². The molecule has 0 amide bonds. The van der Waals surface area contributed by atoms with E-state index in [1.807, 2.05) is 0 Å². The highest BCUT2D eigenvalue weighted by atomic mass is 14.4. The van der Waals surface area contributed by atoms with Gasteiger partial charge < -0.3 is 0 Å². The van der Waals surface area contributed by atoms with E-state index in [1.54, 1.807) is 5.56 Å². The van der Waals surface area contributed by atoms with Crippen molar-refractivity contribution < 1.29 is 0 Å². The fraction of sp³-hybridized carbons (Fsp3) is 0.194. The molecule has 0 aliphatic heterocycles. The second-order valence-corrected chi connectivity index (χ2v) is 19.2. The first-order valence-electron chi connectivity index (χ1n) is 24.5. The summed E-state index contributed by atoms with van der Waals surface area (Å²) in [6.45, 7) is 13.4. The lowest BCUT2D eigenvalue weighted by Gasteiger charge is -2.31. The molecule has 67 heavy (non-hydrogen) atoms.